The Morgan fingerprint density at radius 2 is 1.89 bits per heavy atom. The van der Waals surface area contributed by atoms with E-state index in [1.165, 1.54) is 59.2 Å². The molecule has 4 atom stereocenters. The standard InChI is InChI=1S/C16H22Br2S/c1-10-14(9-15(17)19-10)16(18)13-7-6-11-4-2-3-5-12(11)8-13/h9,11-13,16H,2-8H2,1H3. The Labute approximate surface area is 137 Å². The second-order valence-corrected chi connectivity index (χ2v) is 9.96. The van der Waals surface area contributed by atoms with E-state index in [9.17, 15) is 0 Å². The van der Waals surface area contributed by atoms with Gasteiger partial charge in [-0.3, -0.25) is 0 Å². The highest BCUT2D eigenvalue weighted by molar-refractivity contribution is 9.11. The Kier molecular flexibility index (Phi) is 4.75. The summed E-state index contributed by atoms with van der Waals surface area (Å²) in [4.78, 5) is 2.04. The first-order valence-corrected chi connectivity index (χ1v) is 10.1. The predicted molar refractivity (Wildman–Crippen MR) is 91.2 cm³/mol. The second-order valence-electron chi connectivity index (χ2n) is 6.34. The molecule has 3 heteroatoms. The fourth-order valence-electron chi connectivity index (χ4n) is 4.16. The molecule has 0 N–H and O–H groups in total. The van der Waals surface area contributed by atoms with Gasteiger partial charge in [-0.25, -0.2) is 0 Å². The highest BCUT2D eigenvalue weighted by atomic mass is 79.9. The first kappa shape index (κ1) is 14.6. The number of fused-ring (bicyclic) bond motifs is 1. The maximum Gasteiger partial charge on any atom is 0.0704 e. The van der Waals surface area contributed by atoms with E-state index in [-0.39, 0.29) is 0 Å². The van der Waals surface area contributed by atoms with E-state index in [0.29, 0.717) is 4.83 Å². The number of hydrogen-bond acceptors (Lipinski definition) is 1. The van der Waals surface area contributed by atoms with Gasteiger partial charge in [0, 0.05) is 9.70 Å². The van der Waals surface area contributed by atoms with Crippen molar-refractivity contribution in [2.24, 2.45) is 17.8 Å². The van der Waals surface area contributed by atoms with Gasteiger partial charge in [-0.2, -0.15) is 0 Å². The number of rotatable bonds is 2. The number of thiophene rings is 1. The number of hydrogen-bond donors (Lipinski definition) is 0. The molecule has 0 radical (unpaired) electrons. The van der Waals surface area contributed by atoms with Gasteiger partial charge in [0.1, 0.15) is 0 Å². The van der Waals surface area contributed by atoms with Crippen molar-refractivity contribution in [1.82, 2.24) is 0 Å². The van der Waals surface area contributed by atoms with Crippen LogP contribution < -0.4 is 0 Å². The van der Waals surface area contributed by atoms with Gasteiger partial charge in [0.15, 0.2) is 0 Å². The van der Waals surface area contributed by atoms with Gasteiger partial charge in [-0.15, -0.1) is 11.3 Å². The number of halogens is 2. The lowest BCUT2D eigenvalue weighted by atomic mass is 9.66. The van der Waals surface area contributed by atoms with Crippen LogP contribution >= 0.6 is 43.2 Å². The fraction of sp³-hybridized carbons (Fsp3) is 0.750. The van der Waals surface area contributed by atoms with E-state index >= 15 is 0 Å². The third kappa shape index (κ3) is 3.13. The van der Waals surface area contributed by atoms with Crippen LogP contribution in [0.2, 0.25) is 0 Å². The minimum Gasteiger partial charge on any atom is -0.133 e. The summed E-state index contributed by atoms with van der Waals surface area (Å²) in [6, 6.07) is 2.33. The summed E-state index contributed by atoms with van der Waals surface area (Å²) in [6.45, 7) is 2.26. The average molecular weight is 406 g/mol. The van der Waals surface area contributed by atoms with Crippen LogP contribution in [0.1, 0.15) is 60.2 Å². The molecular weight excluding hydrogens is 384 g/mol. The molecule has 0 aliphatic heterocycles. The van der Waals surface area contributed by atoms with Crippen LogP contribution in [0.25, 0.3) is 0 Å². The van der Waals surface area contributed by atoms with Crippen molar-refractivity contribution in [3.05, 3.63) is 20.3 Å². The lowest BCUT2D eigenvalue weighted by molar-refractivity contribution is 0.129. The zero-order valence-corrected chi connectivity index (χ0v) is 15.5. The van der Waals surface area contributed by atoms with E-state index in [1.807, 2.05) is 11.3 Å². The van der Waals surface area contributed by atoms with Gasteiger partial charge in [0.05, 0.1) is 3.79 Å². The van der Waals surface area contributed by atoms with E-state index < -0.39 is 0 Å². The van der Waals surface area contributed by atoms with Crippen LogP contribution in [0, 0.1) is 24.7 Å². The van der Waals surface area contributed by atoms with Crippen molar-refractivity contribution in [2.75, 3.05) is 0 Å². The Bertz CT molecular complexity index is 440. The summed E-state index contributed by atoms with van der Waals surface area (Å²) in [6.07, 6.45) is 10.3. The monoisotopic (exact) mass is 404 g/mol. The number of alkyl halides is 1. The molecule has 2 fully saturated rings. The maximum atomic E-state index is 4.01. The number of aryl methyl sites for hydroxylation is 1. The summed E-state index contributed by atoms with van der Waals surface area (Å²) in [5.41, 5.74) is 1.52. The van der Waals surface area contributed by atoms with Gasteiger partial charge >= 0.3 is 0 Å². The molecule has 0 nitrogen and oxygen atoms in total. The smallest absolute Gasteiger partial charge is 0.0704 e. The van der Waals surface area contributed by atoms with E-state index in [1.54, 1.807) is 0 Å². The molecule has 3 rings (SSSR count). The van der Waals surface area contributed by atoms with E-state index in [4.69, 9.17) is 0 Å². The fourth-order valence-corrected chi connectivity index (χ4v) is 7.03. The molecule has 0 amide bonds. The molecule has 1 aromatic rings. The Balaban J connectivity index is 1.70. The van der Waals surface area contributed by atoms with Crippen LogP contribution in [0.3, 0.4) is 0 Å². The first-order valence-electron chi connectivity index (χ1n) is 7.55. The Morgan fingerprint density at radius 3 is 2.58 bits per heavy atom. The van der Waals surface area contributed by atoms with Crippen molar-refractivity contribution >= 4 is 43.2 Å². The van der Waals surface area contributed by atoms with Crippen LogP contribution in [0.4, 0.5) is 0 Å². The van der Waals surface area contributed by atoms with Gasteiger partial charge in [0.25, 0.3) is 0 Å². The molecule has 106 valence electrons. The van der Waals surface area contributed by atoms with Gasteiger partial charge in [-0.1, -0.05) is 41.6 Å². The quantitative estimate of drug-likeness (QED) is 0.471. The summed E-state index contributed by atoms with van der Waals surface area (Å²) in [5.74, 6) is 2.93. The van der Waals surface area contributed by atoms with Crippen LogP contribution in [-0.2, 0) is 0 Å². The van der Waals surface area contributed by atoms with Crippen molar-refractivity contribution in [1.29, 1.82) is 0 Å². The molecule has 1 aromatic heterocycles. The molecule has 1 heterocycles. The highest BCUT2D eigenvalue weighted by Crippen LogP contribution is 2.49. The molecule has 0 saturated heterocycles. The largest absolute Gasteiger partial charge is 0.133 e. The average Bonchev–Trinajstić information content (AvgIpc) is 2.76. The summed E-state index contributed by atoms with van der Waals surface area (Å²) >= 11 is 9.51. The Morgan fingerprint density at radius 1 is 1.16 bits per heavy atom. The van der Waals surface area contributed by atoms with E-state index in [2.05, 4.69) is 44.8 Å². The van der Waals surface area contributed by atoms with Crippen LogP contribution in [0.15, 0.2) is 9.85 Å². The minimum atomic E-state index is 0.568. The van der Waals surface area contributed by atoms with Crippen molar-refractivity contribution in [2.45, 2.75) is 56.7 Å². The summed E-state index contributed by atoms with van der Waals surface area (Å²) in [7, 11) is 0. The van der Waals surface area contributed by atoms with Crippen LogP contribution in [-0.4, -0.2) is 0 Å². The molecular formula is C16H22Br2S. The Hall–Kier alpha value is 0.660. The minimum absolute atomic E-state index is 0.568. The van der Waals surface area contributed by atoms with Crippen molar-refractivity contribution in [3.8, 4) is 0 Å². The molecule has 0 bridgehead atoms. The highest BCUT2D eigenvalue weighted by Gasteiger charge is 2.35. The van der Waals surface area contributed by atoms with Crippen LogP contribution in [0.5, 0.6) is 0 Å². The summed E-state index contributed by atoms with van der Waals surface area (Å²) in [5, 5.41) is 0. The van der Waals surface area contributed by atoms with Gasteiger partial charge in [0.2, 0.25) is 0 Å². The molecule has 2 aliphatic carbocycles. The second kappa shape index (κ2) is 6.19. The molecule has 4 unspecified atom stereocenters. The molecule has 0 aromatic carbocycles. The lowest BCUT2D eigenvalue weighted by Gasteiger charge is -2.41. The topological polar surface area (TPSA) is 0 Å². The van der Waals surface area contributed by atoms with Gasteiger partial charge in [-0.05, 0) is 71.5 Å². The molecule has 19 heavy (non-hydrogen) atoms. The third-order valence-electron chi connectivity index (χ3n) is 5.22. The maximum absolute atomic E-state index is 4.01. The van der Waals surface area contributed by atoms with Gasteiger partial charge < -0.3 is 0 Å². The first-order chi connectivity index (χ1) is 9.15. The zero-order valence-electron chi connectivity index (χ0n) is 11.5. The molecule has 2 saturated carbocycles. The third-order valence-corrected chi connectivity index (χ3v) is 8.03. The lowest BCUT2D eigenvalue weighted by Crippen LogP contribution is -2.29. The van der Waals surface area contributed by atoms with Crippen molar-refractivity contribution < 1.29 is 0 Å². The normalized spacial score (nSPS) is 32.9. The van der Waals surface area contributed by atoms with E-state index in [0.717, 1.165) is 17.8 Å². The van der Waals surface area contributed by atoms with Crippen molar-refractivity contribution in [3.63, 3.8) is 0 Å². The summed E-state index contributed by atoms with van der Waals surface area (Å²) < 4.78 is 1.27. The SMILES string of the molecule is Cc1sc(Br)cc1C(Br)C1CCC2CCCCC2C1. The molecule has 2 aliphatic rings. The molecule has 0 spiro atoms. The predicted octanol–water partition coefficient (Wildman–Crippen LogP) is 6.86. The zero-order chi connectivity index (χ0) is 13.4.